The van der Waals surface area contributed by atoms with Gasteiger partial charge in [-0.25, -0.2) is 9.59 Å². The highest BCUT2D eigenvalue weighted by atomic mass is 16.6. The van der Waals surface area contributed by atoms with Gasteiger partial charge in [0.1, 0.15) is 17.3 Å². The number of β-lactam (4-membered cyclic amide) rings is 1. The molecule has 0 bridgehead atoms. The molecule has 0 aliphatic carbocycles. The molecular weight excluding hydrogens is 280 g/mol. The number of amides is 2. The molecule has 0 saturated carbocycles. The van der Waals surface area contributed by atoms with Crippen LogP contribution in [0.25, 0.3) is 0 Å². The molecule has 0 radical (unpaired) electrons. The van der Waals surface area contributed by atoms with Crippen molar-refractivity contribution in [3.05, 3.63) is 11.8 Å². The van der Waals surface area contributed by atoms with Crippen LogP contribution >= 0.6 is 0 Å². The molecule has 0 aromatic heterocycles. The summed E-state index contributed by atoms with van der Waals surface area (Å²) in [5, 5.41) is 21.1. The summed E-state index contributed by atoms with van der Waals surface area (Å²) in [7, 11) is 0. The summed E-state index contributed by atoms with van der Waals surface area (Å²) in [5.74, 6) is -1.81. The highest BCUT2D eigenvalue weighted by Gasteiger charge is 2.53. The van der Waals surface area contributed by atoms with Crippen LogP contribution < -0.4 is 5.32 Å². The zero-order chi connectivity index (χ0) is 15.9. The maximum atomic E-state index is 12.0. The Labute approximate surface area is 121 Å². The lowest BCUT2D eigenvalue weighted by atomic mass is 9.85. The molecule has 3 atom stereocenters. The van der Waals surface area contributed by atoms with Crippen LogP contribution in [0.4, 0.5) is 4.79 Å². The van der Waals surface area contributed by atoms with Gasteiger partial charge >= 0.3 is 12.1 Å². The van der Waals surface area contributed by atoms with Gasteiger partial charge in [0.2, 0.25) is 0 Å². The number of rotatable bonds is 2. The number of hydrogen-bond acceptors (Lipinski definition) is 5. The fourth-order valence-electron chi connectivity index (χ4n) is 2.43. The van der Waals surface area contributed by atoms with Crippen molar-refractivity contribution in [2.75, 3.05) is 0 Å². The standard InChI is InChI=1S/C13H18N2O6/c1-13(2,3)21-12(20)14-9-7-4-6(16)5-8(11(18)19)15(7)10(9)17/h5-7,9,16H,4H2,1-3H3,(H,14,20)(H,18,19)/t6-,7+,9-/m0/s1. The van der Waals surface area contributed by atoms with E-state index in [4.69, 9.17) is 9.84 Å². The lowest BCUT2D eigenvalue weighted by molar-refractivity contribution is -0.155. The van der Waals surface area contributed by atoms with Crippen molar-refractivity contribution < 1.29 is 29.3 Å². The number of fused-ring (bicyclic) bond motifs is 1. The lowest BCUT2D eigenvalue weighted by Crippen LogP contribution is -2.72. The molecule has 0 spiro atoms. The zero-order valence-corrected chi connectivity index (χ0v) is 12.0. The van der Waals surface area contributed by atoms with E-state index in [1.807, 2.05) is 0 Å². The monoisotopic (exact) mass is 298 g/mol. The molecule has 21 heavy (non-hydrogen) atoms. The van der Waals surface area contributed by atoms with Gasteiger partial charge < -0.3 is 20.3 Å². The van der Waals surface area contributed by atoms with Gasteiger partial charge in [-0.3, -0.25) is 9.69 Å². The molecule has 2 aliphatic heterocycles. The van der Waals surface area contributed by atoms with E-state index in [1.54, 1.807) is 20.8 Å². The van der Waals surface area contributed by atoms with E-state index in [2.05, 4.69) is 5.32 Å². The molecule has 8 nitrogen and oxygen atoms in total. The van der Waals surface area contributed by atoms with Crippen LogP contribution in [-0.4, -0.2) is 56.9 Å². The molecular formula is C13H18N2O6. The predicted molar refractivity (Wildman–Crippen MR) is 70.1 cm³/mol. The van der Waals surface area contributed by atoms with E-state index in [-0.39, 0.29) is 12.1 Å². The summed E-state index contributed by atoms with van der Waals surface area (Å²) >= 11 is 0. The SMILES string of the molecule is CC(C)(C)OC(=O)N[C@@H]1C(=O)N2C(C(=O)O)=C[C@@H](O)C[C@H]12. The lowest BCUT2D eigenvalue weighted by Gasteiger charge is -2.49. The van der Waals surface area contributed by atoms with E-state index in [1.165, 1.54) is 0 Å². The van der Waals surface area contributed by atoms with Gasteiger partial charge in [-0.05, 0) is 26.8 Å². The molecule has 1 saturated heterocycles. The van der Waals surface area contributed by atoms with Crippen molar-refractivity contribution in [3.63, 3.8) is 0 Å². The first-order chi connectivity index (χ1) is 9.60. The van der Waals surface area contributed by atoms with Crippen LogP contribution in [0.1, 0.15) is 27.2 Å². The Morgan fingerprint density at radius 2 is 2.05 bits per heavy atom. The van der Waals surface area contributed by atoms with Crippen LogP contribution in [-0.2, 0) is 14.3 Å². The largest absolute Gasteiger partial charge is 0.477 e. The van der Waals surface area contributed by atoms with Crippen LogP contribution in [0, 0.1) is 0 Å². The number of carboxylic acid groups (broad SMARTS) is 1. The van der Waals surface area contributed by atoms with E-state index >= 15 is 0 Å². The minimum Gasteiger partial charge on any atom is -0.477 e. The van der Waals surface area contributed by atoms with Crippen LogP contribution in [0.5, 0.6) is 0 Å². The Morgan fingerprint density at radius 1 is 1.43 bits per heavy atom. The highest BCUT2D eigenvalue weighted by Crippen LogP contribution is 2.33. The Bertz CT molecular complexity index is 521. The molecule has 2 heterocycles. The minimum atomic E-state index is -1.29. The maximum absolute atomic E-state index is 12.0. The molecule has 3 N–H and O–H groups in total. The molecule has 2 amide bonds. The molecule has 116 valence electrons. The smallest absolute Gasteiger partial charge is 0.408 e. The third kappa shape index (κ3) is 2.99. The molecule has 1 fully saturated rings. The summed E-state index contributed by atoms with van der Waals surface area (Å²) in [6.45, 7) is 5.07. The number of nitrogens with one attached hydrogen (secondary N) is 1. The second kappa shape index (κ2) is 5.03. The third-order valence-corrected chi connectivity index (χ3v) is 3.20. The van der Waals surface area contributed by atoms with Gasteiger partial charge in [0.15, 0.2) is 0 Å². The first kappa shape index (κ1) is 15.3. The summed E-state index contributed by atoms with van der Waals surface area (Å²) in [5.41, 5.74) is -0.958. The van der Waals surface area contributed by atoms with Gasteiger partial charge in [-0.2, -0.15) is 0 Å². The Hall–Kier alpha value is -2.09. The molecule has 0 unspecified atom stereocenters. The second-order valence-electron chi connectivity index (χ2n) is 6.06. The number of nitrogens with zero attached hydrogens (tertiary/aromatic N) is 1. The van der Waals surface area contributed by atoms with Gasteiger partial charge in [0, 0.05) is 6.42 Å². The highest BCUT2D eigenvalue weighted by molar-refractivity contribution is 6.00. The van der Waals surface area contributed by atoms with Crippen LogP contribution in [0.2, 0.25) is 0 Å². The summed E-state index contributed by atoms with van der Waals surface area (Å²) in [6, 6.07) is -1.45. The topological polar surface area (TPSA) is 116 Å². The first-order valence-electron chi connectivity index (χ1n) is 6.56. The molecule has 0 aromatic carbocycles. The average Bonchev–Trinajstić information content (AvgIpc) is 2.32. The number of aliphatic carboxylic acids is 1. The average molecular weight is 298 g/mol. The molecule has 2 aliphatic rings. The number of carbonyl (C=O) groups is 3. The van der Waals surface area contributed by atoms with Crippen LogP contribution in [0.15, 0.2) is 11.8 Å². The normalized spacial score (nSPS) is 28.2. The fourth-order valence-corrected chi connectivity index (χ4v) is 2.43. The van der Waals surface area contributed by atoms with Crippen molar-refractivity contribution in [1.29, 1.82) is 0 Å². The number of hydrogen-bond donors (Lipinski definition) is 3. The fraction of sp³-hybridized carbons (Fsp3) is 0.615. The van der Waals surface area contributed by atoms with E-state index in [9.17, 15) is 19.5 Å². The Morgan fingerprint density at radius 3 is 2.57 bits per heavy atom. The predicted octanol–water partition coefficient (Wildman–Crippen LogP) is -0.176. The second-order valence-corrected chi connectivity index (χ2v) is 6.06. The van der Waals surface area contributed by atoms with E-state index in [0.717, 1.165) is 11.0 Å². The summed E-state index contributed by atoms with van der Waals surface area (Å²) < 4.78 is 5.06. The number of alkyl carbamates (subject to hydrolysis) is 1. The molecule has 0 aromatic rings. The van der Waals surface area contributed by atoms with Gasteiger partial charge in [0.25, 0.3) is 5.91 Å². The van der Waals surface area contributed by atoms with Crippen molar-refractivity contribution >= 4 is 18.0 Å². The summed E-state index contributed by atoms with van der Waals surface area (Å²) in [4.78, 5) is 35.8. The minimum absolute atomic E-state index is 0.170. The Balaban J connectivity index is 2.07. The van der Waals surface area contributed by atoms with Gasteiger partial charge in [0.05, 0.1) is 12.1 Å². The maximum Gasteiger partial charge on any atom is 0.408 e. The zero-order valence-electron chi connectivity index (χ0n) is 12.0. The van der Waals surface area contributed by atoms with E-state index < -0.39 is 41.8 Å². The van der Waals surface area contributed by atoms with Crippen molar-refractivity contribution in [3.8, 4) is 0 Å². The quantitative estimate of drug-likeness (QED) is 0.609. The van der Waals surface area contributed by atoms with Crippen LogP contribution in [0.3, 0.4) is 0 Å². The molecule has 2 rings (SSSR count). The number of ether oxygens (including phenoxy) is 1. The van der Waals surface area contributed by atoms with Crippen molar-refractivity contribution in [2.45, 2.75) is 51.0 Å². The number of aliphatic hydroxyl groups is 1. The summed E-state index contributed by atoms with van der Waals surface area (Å²) in [6.07, 6.45) is -0.418. The number of aliphatic hydroxyl groups excluding tert-OH is 1. The number of carboxylic acids is 1. The molecule has 8 heteroatoms. The number of carbonyl (C=O) groups excluding carboxylic acids is 2. The third-order valence-electron chi connectivity index (χ3n) is 3.20. The van der Waals surface area contributed by atoms with Gasteiger partial charge in [-0.15, -0.1) is 0 Å². The van der Waals surface area contributed by atoms with E-state index in [0.29, 0.717) is 0 Å². The van der Waals surface area contributed by atoms with Crippen molar-refractivity contribution in [1.82, 2.24) is 10.2 Å². The van der Waals surface area contributed by atoms with Gasteiger partial charge in [-0.1, -0.05) is 0 Å². The first-order valence-corrected chi connectivity index (χ1v) is 6.56. The van der Waals surface area contributed by atoms with Crippen molar-refractivity contribution in [2.24, 2.45) is 0 Å². The Kier molecular flexibility index (Phi) is 3.66.